The first-order chi connectivity index (χ1) is 14.9. The number of carbonyl (C=O) groups is 1. The highest BCUT2D eigenvalue weighted by Gasteiger charge is 2.44. The number of hydrogen-bond acceptors (Lipinski definition) is 10. The third-order valence-corrected chi connectivity index (χ3v) is 6.82. The maximum Gasteiger partial charge on any atom is 0.320 e. The normalized spacial score (nSPS) is 27.3. The molecule has 0 saturated carbocycles. The van der Waals surface area contributed by atoms with Crippen molar-refractivity contribution in [3.05, 3.63) is 11.6 Å². The smallest absolute Gasteiger partial charge is 0.320 e. The largest absolute Gasteiger partial charge is 0.480 e. The van der Waals surface area contributed by atoms with Crippen LogP contribution in [-0.2, 0) is 9.53 Å². The molecule has 13 heteroatoms. The fourth-order valence-corrected chi connectivity index (χ4v) is 5.10. The molecule has 0 spiro atoms. The molecule has 2 aromatic rings. The van der Waals surface area contributed by atoms with Gasteiger partial charge in [-0.2, -0.15) is 21.7 Å². The van der Waals surface area contributed by atoms with Crippen LogP contribution in [0.4, 0.5) is 5.82 Å². The molecule has 2 saturated heterocycles. The average molecular weight is 473 g/mol. The summed E-state index contributed by atoms with van der Waals surface area (Å²) in [5.74, 6) is 0.481. The van der Waals surface area contributed by atoms with Crippen LogP contribution in [0.25, 0.3) is 11.2 Å². The lowest BCUT2D eigenvalue weighted by Crippen LogP contribution is -2.33. The van der Waals surface area contributed by atoms with Crippen molar-refractivity contribution in [1.82, 2.24) is 19.5 Å². The quantitative estimate of drug-likeness (QED) is 0.307. The summed E-state index contributed by atoms with van der Waals surface area (Å²) in [7, 11) is 0. The summed E-state index contributed by atoms with van der Waals surface area (Å²) in [5.41, 5.74) is 6.49. The van der Waals surface area contributed by atoms with Crippen LogP contribution in [0.15, 0.2) is 6.33 Å². The number of carboxylic acids is 1. The van der Waals surface area contributed by atoms with Crippen molar-refractivity contribution in [2.45, 2.75) is 49.8 Å². The molecule has 5 N–H and O–H groups in total. The standard InChI is InChI=1S/C18H25ClN6O5S/c19-18-22-14(24-4-1-2-5-24)11-15(23-18)25(8-21-11)16-13(27)12(26)10(30-16)7-31-6-3-9(20)17(28)29/h8-10,12-13,16,26-27H,1-7,20H2,(H,28,29)/t9?,10-,12-,13-,16-/m1/s1. The Labute approximate surface area is 187 Å². The molecule has 2 aromatic heterocycles. The third kappa shape index (κ3) is 4.59. The van der Waals surface area contributed by atoms with Crippen LogP contribution in [0.3, 0.4) is 0 Å². The van der Waals surface area contributed by atoms with E-state index >= 15 is 0 Å². The Bertz CT molecular complexity index is 942. The number of nitrogens with zero attached hydrogens (tertiary/aromatic N) is 5. The summed E-state index contributed by atoms with van der Waals surface area (Å²) in [6.07, 6.45) is 0.121. The number of carboxylic acid groups (broad SMARTS) is 1. The third-order valence-electron chi connectivity index (χ3n) is 5.57. The second kappa shape index (κ2) is 9.43. The number of aliphatic carboxylic acids is 1. The molecule has 4 heterocycles. The summed E-state index contributed by atoms with van der Waals surface area (Å²) in [6.45, 7) is 1.73. The Morgan fingerprint density at radius 3 is 2.77 bits per heavy atom. The van der Waals surface area contributed by atoms with Gasteiger partial charge in [0.1, 0.15) is 18.2 Å². The van der Waals surface area contributed by atoms with Gasteiger partial charge < -0.3 is 30.7 Å². The SMILES string of the molecule is NC(CCSC[C@H]1O[C@@H](n2cnc3c(N4CCCC4)nc(Cl)nc32)[C@H](O)[C@@H]1O)C(=O)O. The Hall–Kier alpha value is -1.70. The summed E-state index contributed by atoms with van der Waals surface area (Å²) in [4.78, 5) is 26.0. The Morgan fingerprint density at radius 2 is 2.06 bits per heavy atom. The first-order valence-electron chi connectivity index (χ1n) is 10.1. The molecular weight excluding hydrogens is 448 g/mol. The van der Waals surface area contributed by atoms with Crippen molar-refractivity contribution >= 4 is 46.3 Å². The number of imidazole rings is 1. The van der Waals surface area contributed by atoms with Crippen molar-refractivity contribution in [3.8, 4) is 0 Å². The summed E-state index contributed by atoms with van der Waals surface area (Å²) in [6, 6.07) is -0.924. The van der Waals surface area contributed by atoms with Crippen LogP contribution in [0.5, 0.6) is 0 Å². The molecule has 4 rings (SSSR count). The lowest BCUT2D eigenvalue weighted by Gasteiger charge is -2.18. The van der Waals surface area contributed by atoms with Gasteiger partial charge in [0.15, 0.2) is 23.2 Å². The highest BCUT2D eigenvalue weighted by atomic mass is 35.5. The van der Waals surface area contributed by atoms with E-state index in [1.165, 1.54) is 18.1 Å². The van der Waals surface area contributed by atoms with E-state index in [0.717, 1.165) is 25.9 Å². The average Bonchev–Trinajstić information content (AvgIpc) is 3.46. The van der Waals surface area contributed by atoms with Crippen molar-refractivity contribution in [2.24, 2.45) is 5.73 Å². The number of rotatable bonds is 8. The molecule has 0 bridgehead atoms. The predicted octanol–water partition coefficient (Wildman–Crippen LogP) is 0.234. The number of aliphatic hydroxyl groups excluding tert-OH is 2. The molecule has 5 atom stereocenters. The molecule has 11 nitrogen and oxygen atoms in total. The number of aromatic nitrogens is 4. The minimum atomic E-state index is -1.19. The molecular formula is C18H25ClN6O5S. The number of nitrogens with two attached hydrogens (primary N) is 1. The zero-order valence-corrected chi connectivity index (χ0v) is 18.2. The first kappa shape index (κ1) is 22.5. The van der Waals surface area contributed by atoms with Crippen LogP contribution in [0.1, 0.15) is 25.5 Å². The maximum absolute atomic E-state index is 10.8. The molecule has 170 valence electrons. The van der Waals surface area contributed by atoms with Crippen molar-refractivity contribution in [2.75, 3.05) is 29.5 Å². The number of hydrogen-bond donors (Lipinski definition) is 4. The van der Waals surface area contributed by atoms with Crippen LogP contribution >= 0.6 is 23.4 Å². The Kier molecular flexibility index (Phi) is 6.84. The van der Waals surface area contributed by atoms with Crippen LogP contribution in [0.2, 0.25) is 5.28 Å². The van der Waals surface area contributed by atoms with Crippen molar-refractivity contribution in [3.63, 3.8) is 0 Å². The second-order valence-electron chi connectivity index (χ2n) is 7.69. The molecule has 0 amide bonds. The summed E-state index contributed by atoms with van der Waals surface area (Å²) in [5, 5.41) is 30.0. The van der Waals surface area contributed by atoms with E-state index in [1.807, 2.05) is 0 Å². The summed E-state index contributed by atoms with van der Waals surface area (Å²) >= 11 is 7.57. The van der Waals surface area contributed by atoms with E-state index in [0.29, 0.717) is 34.9 Å². The number of halogens is 1. The molecule has 0 aromatic carbocycles. The minimum absolute atomic E-state index is 0.0751. The molecule has 31 heavy (non-hydrogen) atoms. The first-order valence-corrected chi connectivity index (χ1v) is 11.6. The van der Waals surface area contributed by atoms with Gasteiger partial charge in [0.05, 0.1) is 12.4 Å². The van der Waals surface area contributed by atoms with Crippen molar-refractivity contribution < 1.29 is 24.9 Å². The minimum Gasteiger partial charge on any atom is -0.480 e. The van der Waals surface area contributed by atoms with E-state index < -0.39 is 36.6 Å². The van der Waals surface area contributed by atoms with E-state index in [4.69, 9.17) is 27.2 Å². The lowest BCUT2D eigenvalue weighted by molar-refractivity contribution is -0.138. The predicted molar refractivity (Wildman–Crippen MR) is 115 cm³/mol. The second-order valence-corrected chi connectivity index (χ2v) is 9.18. The van der Waals surface area contributed by atoms with E-state index in [1.54, 1.807) is 4.57 Å². The van der Waals surface area contributed by atoms with Gasteiger partial charge in [0.25, 0.3) is 0 Å². The van der Waals surface area contributed by atoms with Gasteiger partial charge in [-0.1, -0.05) is 0 Å². The fraction of sp³-hybridized carbons (Fsp3) is 0.667. The monoisotopic (exact) mass is 472 g/mol. The molecule has 2 aliphatic heterocycles. The van der Waals surface area contributed by atoms with E-state index in [9.17, 15) is 15.0 Å². The van der Waals surface area contributed by atoms with Gasteiger partial charge >= 0.3 is 5.97 Å². The van der Waals surface area contributed by atoms with Gasteiger partial charge in [-0.05, 0) is 36.6 Å². The number of anilines is 1. The summed E-state index contributed by atoms with van der Waals surface area (Å²) < 4.78 is 7.51. The topological polar surface area (TPSA) is 160 Å². The molecule has 0 radical (unpaired) electrons. The van der Waals surface area contributed by atoms with E-state index in [2.05, 4.69) is 19.9 Å². The van der Waals surface area contributed by atoms with Gasteiger partial charge in [0.2, 0.25) is 5.28 Å². The molecule has 2 aliphatic rings. The number of fused-ring (bicyclic) bond motifs is 1. The van der Waals surface area contributed by atoms with Gasteiger partial charge in [-0.3, -0.25) is 9.36 Å². The Balaban J connectivity index is 1.48. The lowest BCUT2D eigenvalue weighted by atomic mass is 10.1. The zero-order valence-electron chi connectivity index (χ0n) is 16.7. The Morgan fingerprint density at radius 1 is 1.32 bits per heavy atom. The zero-order chi connectivity index (χ0) is 22.1. The molecule has 2 fully saturated rings. The van der Waals surface area contributed by atoms with Gasteiger partial charge in [0, 0.05) is 18.8 Å². The number of aliphatic hydroxyl groups is 2. The van der Waals surface area contributed by atoms with E-state index in [-0.39, 0.29) is 5.28 Å². The number of thioether (sulfide) groups is 1. The van der Waals surface area contributed by atoms with Crippen molar-refractivity contribution in [1.29, 1.82) is 0 Å². The van der Waals surface area contributed by atoms with Crippen LogP contribution in [0, 0.1) is 0 Å². The van der Waals surface area contributed by atoms with Gasteiger partial charge in [-0.25, -0.2) is 4.98 Å². The van der Waals surface area contributed by atoms with Crippen LogP contribution < -0.4 is 10.6 Å². The molecule has 0 aliphatic carbocycles. The molecule has 1 unspecified atom stereocenters. The number of ether oxygens (including phenoxy) is 1. The van der Waals surface area contributed by atoms with Gasteiger partial charge in [-0.15, -0.1) is 0 Å². The van der Waals surface area contributed by atoms with Crippen LogP contribution in [-0.4, -0.2) is 89.8 Å². The highest BCUT2D eigenvalue weighted by Crippen LogP contribution is 2.35. The fourth-order valence-electron chi connectivity index (χ4n) is 3.84. The maximum atomic E-state index is 10.8. The highest BCUT2D eigenvalue weighted by molar-refractivity contribution is 7.99.